The molecular weight excluding hydrogens is 270 g/mol. The van der Waals surface area contributed by atoms with Gasteiger partial charge in [0.2, 0.25) is 5.91 Å². The molecule has 5 heteroatoms. The van der Waals surface area contributed by atoms with Gasteiger partial charge in [-0.2, -0.15) is 0 Å². The molecule has 0 spiro atoms. The van der Waals surface area contributed by atoms with Crippen molar-refractivity contribution in [3.05, 3.63) is 45.9 Å². The van der Waals surface area contributed by atoms with Crippen LogP contribution in [0.1, 0.15) is 35.5 Å². The Bertz CT molecular complexity index is 577. The van der Waals surface area contributed by atoms with Gasteiger partial charge in [-0.15, -0.1) is 11.3 Å². The van der Waals surface area contributed by atoms with E-state index >= 15 is 0 Å². The molecule has 0 aliphatic rings. The molecule has 0 saturated heterocycles. The maximum absolute atomic E-state index is 11.9. The minimum absolute atomic E-state index is 0.0437. The summed E-state index contributed by atoms with van der Waals surface area (Å²) in [6.07, 6.45) is 0.467. The van der Waals surface area contributed by atoms with E-state index in [1.54, 1.807) is 11.3 Å². The van der Waals surface area contributed by atoms with Crippen LogP contribution in [0.4, 0.5) is 5.69 Å². The lowest BCUT2D eigenvalue weighted by molar-refractivity contribution is -0.121. The minimum Gasteiger partial charge on any atom is -0.399 e. The van der Waals surface area contributed by atoms with Crippen LogP contribution < -0.4 is 11.1 Å². The van der Waals surface area contributed by atoms with Crippen molar-refractivity contribution in [3.8, 4) is 0 Å². The van der Waals surface area contributed by atoms with Crippen molar-refractivity contribution < 1.29 is 4.79 Å². The first-order valence-electron chi connectivity index (χ1n) is 6.57. The molecule has 1 aromatic heterocycles. The monoisotopic (exact) mass is 289 g/mol. The van der Waals surface area contributed by atoms with Crippen molar-refractivity contribution in [3.63, 3.8) is 0 Å². The van der Waals surface area contributed by atoms with E-state index in [1.165, 1.54) is 0 Å². The number of nitrogens with two attached hydrogens (primary N) is 1. The molecule has 0 aliphatic carbocycles. The van der Waals surface area contributed by atoms with E-state index in [4.69, 9.17) is 5.73 Å². The number of amides is 1. The summed E-state index contributed by atoms with van der Waals surface area (Å²) < 4.78 is 0. The first-order valence-corrected chi connectivity index (χ1v) is 7.45. The van der Waals surface area contributed by atoms with Gasteiger partial charge in [0.25, 0.3) is 0 Å². The van der Waals surface area contributed by atoms with Crippen LogP contribution in [0.5, 0.6) is 0 Å². The predicted octanol–water partition coefficient (Wildman–Crippen LogP) is 2.84. The highest BCUT2D eigenvalue weighted by Gasteiger charge is 2.11. The van der Waals surface area contributed by atoms with Gasteiger partial charge < -0.3 is 11.1 Å². The van der Waals surface area contributed by atoms with E-state index in [-0.39, 0.29) is 11.8 Å². The third-order valence-corrected chi connectivity index (χ3v) is 4.07. The molecular formula is C15H19N3OS. The quantitative estimate of drug-likeness (QED) is 0.832. The summed E-state index contributed by atoms with van der Waals surface area (Å²) in [5.41, 5.74) is 8.52. The Morgan fingerprint density at radius 2 is 2.10 bits per heavy atom. The van der Waals surface area contributed by atoms with E-state index in [0.29, 0.717) is 13.0 Å². The van der Waals surface area contributed by atoms with Crippen molar-refractivity contribution in [2.75, 3.05) is 5.73 Å². The van der Waals surface area contributed by atoms with Crippen LogP contribution in [-0.2, 0) is 11.3 Å². The zero-order chi connectivity index (χ0) is 14.5. The summed E-state index contributed by atoms with van der Waals surface area (Å²) in [7, 11) is 0. The number of aromatic nitrogens is 1. The zero-order valence-corrected chi connectivity index (χ0v) is 12.5. The van der Waals surface area contributed by atoms with Crippen molar-refractivity contribution in [2.24, 2.45) is 0 Å². The number of nitrogens with one attached hydrogen (secondary N) is 1. The van der Waals surface area contributed by atoms with Gasteiger partial charge in [-0.25, -0.2) is 4.98 Å². The SMILES string of the molecule is Cc1csc(CNC(=O)CC(C)c2ccc(N)cc2)n1. The molecule has 0 aliphatic heterocycles. The second-order valence-electron chi connectivity index (χ2n) is 4.93. The number of benzene rings is 1. The lowest BCUT2D eigenvalue weighted by Crippen LogP contribution is -2.24. The van der Waals surface area contributed by atoms with E-state index < -0.39 is 0 Å². The van der Waals surface area contributed by atoms with Gasteiger partial charge in [0, 0.05) is 23.2 Å². The average molecular weight is 289 g/mol. The summed E-state index contributed by atoms with van der Waals surface area (Å²) in [6.45, 7) is 4.50. The maximum Gasteiger partial charge on any atom is 0.220 e. The minimum atomic E-state index is 0.0437. The molecule has 20 heavy (non-hydrogen) atoms. The summed E-state index contributed by atoms with van der Waals surface area (Å²) in [5, 5.41) is 5.83. The molecule has 4 nitrogen and oxygen atoms in total. The Kier molecular flexibility index (Phi) is 4.74. The van der Waals surface area contributed by atoms with Gasteiger partial charge in [0.05, 0.1) is 6.54 Å². The summed E-state index contributed by atoms with van der Waals surface area (Å²) in [4.78, 5) is 16.2. The largest absolute Gasteiger partial charge is 0.399 e. The van der Waals surface area contributed by atoms with Crippen LogP contribution in [0.15, 0.2) is 29.6 Å². The number of nitrogens with zero attached hydrogens (tertiary/aromatic N) is 1. The molecule has 0 fully saturated rings. The Morgan fingerprint density at radius 3 is 2.70 bits per heavy atom. The number of aryl methyl sites for hydroxylation is 1. The molecule has 1 heterocycles. The van der Waals surface area contributed by atoms with Crippen LogP contribution in [-0.4, -0.2) is 10.9 Å². The first-order chi connectivity index (χ1) is 9.54. The van der Waals surface area contributed by atoms with Crippen molar-refractivity contribution in [1.29, 1.82) is 0 Å². The van der Waals surface area contributed by atoms with Gasteiger partial charge in [-0.05, 0) is 30.5 Å². The highest BCUT2D eigenvalue weighted by Crippen LogP contribution is 2.20. The second kappa shape index (κ2) is 6.52. The fourth-order valence-corrected chi connectivity index (χ4v) is 2.66. The van der Waals surface area contributed by atoms with Gasteiger partial charge in [-0.3, -0.25) is 4.79 Å². The number of hydrogen-bond donors (Lipinski definition) is 2. The van der Waals surface area contributed by atoms with Gasteiger partial charge in [0.1, 0.15) is 5.01 Å². The summed E-state index contributed by atoms with van der Waals surface area (Å²) in [6, 6.07) is 7.67. The van der Waals surface area contributed by atoms with Crippen LogP contribution in [0, 0.1) is 6.92 Å². The van der Waals surface area contributed by atoms with Gasteiger partial charge in [0.15, 0.2) is 0 Å². The van der Waals surface area contributed by atoms with Gasteiger partial charge >= 0.3 is 0 Å². The molecule has 3 N–H and O–H groups in total. The van der Waals surface area contributed by atoms with Crippen LogP contribution in [0.2, 0.25) is 0 Å². The summed E-state index contributed by atoms with van der Waals surface area (Å²) in [5.74, 6) is 0.218. The van der Waals surface area contributed by atoms with Crippen molar-refractivity contribution in [1.82, 2.24) is 10.3 Å². The molecule has 0 bridgehead atoms. The van der Waals surface area contributed by atoms with E-state index in [9.17, 15) is 4.79 Å². The molecule has 1 aromatic carbocycles. The highest BCUT2D eigenvalue weighted by atomic mass is 32.1. The Balaban J connectivity index is 1.83. The Hall–Kier alpha value is -1.88. The number of hydrogen-bond acceptors (Lipinski definition) is 4. The predicted molar refractivity (Wildman–Crippen MR) is 82.6 cm³/mol. The fraction of sp³-hybridized carbons (Fsp3) is 0.333. The molecule has 1 amide bonds. The number of anilines is 1. The molecule has 2 aromatic rings. The number of carbonyl (C=O) groups is 1. The third-order valence-electron chi connectivity index (χ3n) is 3.10. The maximum atomic E-state index is 11.9. The normalized spacial score (nSPS) is 12.1. The molecule has 2 rings (SSSR count). The lowest BCUT2D eigenvalue weighted by atomic mass is 9.97. The Morgan fingerprint density at radius 1 is 1.40 bits per heavy atom. The van der Waals surface area contributed by atoms with Crippen molar-refractivity contribution in [2.45, 2.75) is 32.7 Å². The van der Waals surface area contributed by atoms with Crippen molar-refractivity contribution >= 4 is 22.9 Å². The molecule has 1 atom stereocenters. The molecule has 0 saturated carbocycles. The van der Waals surface area contributed by atoms with Crippen LogP contribution in [0.3, 0.4) is 0 Å². The molecule has 1 unspecified atom stereocenters. The topological polar surface area (TPSA) is 68.0 Å². The van der Waals surface area contributed by atoms with Crippen LogP contribution in [0.25, 0.3) is 0 Å². The highest BCUT2D eigenvalue weighted by molar-refractivity contribution is 7.09. The standard InChI is InChI=1S/C15H19N3OS/c1-10(12-3-5-13(16)6-4-12)7-14(19)17-8-15-18-11(2)9-20-15/h3-6,9-10H,7-8,16H2,1-2H3,(H,17,19). The first kappa shape index (κ1) is 14.5. The smallest absolute Gasteiger partial charge is 0.220 e. The lowest BCUT2D eigenvalue weighted by Gasteiger charge is -2.11. The third kappa shape index (κ3) is 4.06. The van der Waals surface area contributed by atoms with Gasteiger partial charge in [-0.1, -0.05) is 19.1 Å². The Labute approximate surface area is 123 Å². The number of carbonyl (C=O) groups excluding carboxylic acids is 1. The molecule has 106 valence electrons. The fourth-order valence-electron chi connectivity index (χ4n) is 1.95. The van der Waals surface area contributed by atoms with E-state index in [2.05, 4.69) is 10.3 Å². The zero-order valence-electron chi connectivity index (χ0n) is 11.7. The summed E-state index contributed by atoms with van der Waals surface area (Å²) >= 11 is 1.57. The number of thiazole rings is 1. The second-order valence-corrected chi connectivity index (χ2v) is 5.87. The number of nitrogen functional groups attached to an aromatic ring is 1. The average Bonchev–Trinajstić information content (AvgIpc) is 2.83. The molecule has 0 radical (unpaired) electrons. The van der Waals surface area contributed by atoms with E-state index in [1.807, 2.05) is 43.5 Å². The van der Waals surface area contributed by atoms with E-state index in [0.717, 1.165) is 22.0 Å². The number of rotatable bonds is 5. The van der Waals surface area contributed by atoms with Crippen LogP contribution >= 0.6 is 11.3 Å².